The monoisotopic (exact) mass is 361 g/mol. The highest BCUT2D eigenvalue weighted by Gasteiger charge is 2.33. The summed E-state index contributed by atoms with van der Waals surface area (Å²) in [5.74, 6) is -0.938. The molecule has 0 radical (unpaired) electrons. The third-order valence-electron chi connectivity index (χ3n) is 4.54. The maximum atomic E-state index is 13.0. The molecule has 132 valence electrons. The summed E-state index contributed by atoms with van der Waals surface area (Å²) in [4.78, 5) is 12.9. The Morgan fingerprint density at radius 2 is 1.72 bits per heavy atom. The average molecular weight is 361 g/mol. The van der Waals surface area contributed by atoms with Gasteiger partial charge >= 0.3 is 0 Å². The first-order valence-corrected chi connectivity index (χ1v) is 9.68. The lowest BCUT2D eigenvalue weighted by molar-refractivity contribution is 0.0872. The lowest BCUT2D eigenvalue weighted by Gasteiger charge is -2.31. The summed E-state index contributed by atoms with van der Waals surface area (Å²) in [6, 6.07) is 12.1. The number of nitrogens with zero attached hydrogens (tertiary/aromatic N) is 1. The van der Waals surface area contributed by atoms with Gasteiger partial charge in [0, 0.05) is 24.6 Å². The standard InChI is InChI=1S/C19H20FNO3S/c1-14-4-10-18(11-5-14)25(23,24)21-12-2-3-16(13-21)19(22)15-6-8-17(20)9-7-15/h4-11,16H,2-3,12-13H2,1H3. The molecule has 0 amide bonds. The number of carbonyl (C=O) groups excluding carboxylic acids is 1. The fraction of sp³-hybridized carbons (Fsp3) is 0.316. The van der Waals surface area contributed by atoms with Gasteiger partial charge in [-0.25, -0.2) is 12.8 Å². The maximum Gasteiger partial charge on any atom is 0.243 e. The summed E-state index contributed by atoms with van der Waals surface area (Å²) in [6.07, 6.45) is 1.26. The molecule has 0 spiro atoms. The molecule has 25 heavy (non-hydrogen) atoms. The summed E-state index contributed by atoms with van der Waals surface area (Å²) in [5, 5.41) is 0. The number of sulfonamides is 1. The van der Waals surface area contributed by atoms with E-state index >= 15 is 0 Å². The Hall–Kier alpha value is -2.05. The molecule has 0 N–H and O–H groups in total. The Balaban J connectivity index is 1.79. The number of piperidine rings is 1. The highest BCUT2D eigenvalue weighted by molar-refractivity contribution is 7.89. The molecule has 1 fully saturated rings. The van der Waals surface area contributed by atoms with Crippen LogP contribution in [-0.4, -0.2) is 31.6 Å². The van der Waals surface area contributed by atoms with Crippen molar-refractivity contribution in [2.45, 2.75) is 24.7 Å². The van der Waals surface area contributed by atoms with E-state index < -0.39 is 21.8 Å². The minimum atomic E-state index is -3.61. The molecule has 1 atom stereocenters. The van der Waals surface area contributed by atoms with Gasteiger partial charge in [-0.2, -0.15) is 4.31 Å². The first-order valence-electron chi connectivity index (χ1n) is 8.24. The number of hydrogen-bond acceptors (Lipinski definition) is 3. The van der Waals surface area contributed by atoms with Crippen molar-refractivity contribution in [1.82, 2.24) is 4.31 Å². The zero-order valence-corrected chi connectivity index (χ0v) is 14.8. The Labute approximate surface area is 147 Å². The normalized spacial score (nSPS) is 18.9. The van der Waals surface area contributed by atoms with Crippen LogP contribution in [0.4, 0.5) is 4.39 Å². The number of carbonyl (C=O) groups is 1. The van der Waals surface area contributed by atoms with Crippen molar-refractivity contribution in [2.24, 2.45) is 5.92 Å². The molecule has 0 saturated carbocycles. The first kappa shape index (κ1) is 17.8. The molecular weight excluding hydrogens is 341 g/mol. The van der Waals surface area contributed by atoms with Crippen LogP contribution in [0.2, 0.25) is 0 Å². The topological polar surface area (TPSA) is 54.5 Å². The van der Waals surface area contributed by atoms with E-state index in [2.05, 4.69) is 0 Å². The Kier molecular flexibility index (Phi) is 5.01. The minimum Gasteiger partial charge on any atom is -0.294 e. The maximum absolute atomic E-state index is 13.0. The number of rotatable bonds is 4. The second-order valence-corrected chi connectivity index (χ2v) is 8.32. The molecular formula is C19H20FNO3S. The summed E-state index contributed by atoms with van der Waals surface area (Å²) < 4.78 is 40.0. The van der Waals surface area contributed by atoms with E-state index in [4.69, 9.17) is 0 Å². The summed E-state index contributed by atoms with van der Waals surface area (Å²) in [7, 11) is -3.61. The SMILES string of the molecule is Cc1ccc(S(=O)(=O)N2CCCC(C(=O)c3ccc(F)cc3)C2)cc1. The third kappa shape index (κ3) is 3.80. The van der Waals surface area contributed by atoms with Gasteiger partial charge in [-0.1, -0.05) is 17.7 Å². The predicted octanol–water partition coefficient (Wildman–Crippen LogP) is 3.42. The van der Waals surface area contributed by atoms with Gasteiger partial charge in [-0.15, -0.1) is 0 Å². The van der Waals surface area contributed by atoms with Gasteiger partial charge in [0.1, 0.15) is 5.82 Å². The van der Waals surface area contributed by atoms with Crippen molar-refractivity contribution < 1.29 is 17.6 Å². The van der Waals surface area contributed by atoms with Crippen molar-refractivity contribution in [3.05, 3.63) is 65.5 Å². The van der Waals surface area contributed by atoms with Crippen LogP contribution in [-0.2, 0) is 10.0 Å². The number of hydrogen-bond donors (Lipinski definition) is 0. The molecule has 2 aromatic rings. The Morgan fingerprint density at radius 3 is 2.36 bits per heavy atom. The molecule has 1 heterocycles. The zero-order valence-electron chi connectivity index (χ0n) is 14.0. The second-order valence-electron chi connectivity index (χ2n) is 6.39. The van der Waals surface area contributed by atoms with E-state index in [-0.39, 0.29) is 17.2 Å². The lowest BCUT2D eigenvalue weighted by atomic mass is 9.91. The molecule has 0 aliphatic carbocycles. The fourth-order valence-corrected chi connectivity index (χ4v) is 4.61. The van der Waals surface area contributed by atoms with Gasteiger partial charge in [0.2, 0.25) is 10.0 Å². The van der Waals surface area contributed by atoms with Crippen LogP contribution in [0.1, 0.15) is 28.8 Å². The molecule has 0 bridgehead atoms. The van der Waals surface area contributed by atoms with Crippen LogP contribution in [0.3, 0.4) is 0 Å². The molecule has 6 heteroatoms. The van der Waals surface area contributed by atoms with E-state index in [1.165, 1.54) is 28.6 Å². The van der Waals surface area contributed by atoms with E-state index in [9.17, 15) is 17.6 Å². The van der Waals surface area contributed by atoms with Gasteiger partial charge in [0.25, 0.3) is 0 Å². The minimum absolute atomic E-state index is 0.135. The van der Waals surface area contributed by atoms with Crippen LogP contribution in [0, 0.1) is 18.7 Å². The van der Waals surface area contributed by atoms with Crippen molar-refractivity contribution in [3.63, 3.8) is 0 Å². The average Bonchev–Trinajstić information content (AvgIpc) is 2.62. The van der Waals surface area contributed by atoms with E-state index in [0.717, 1.165) is 5.56 Å². The molecule has 1 aliphatic rings. The van der Waals surface area contributed by atoms with Gasteiger partial charge in [-0.3, -0.25) is 4.79 Å². The number of halogens is 1. The van der Waals surface area contributed by atoms with Gasteiger partial charge in [-0.05, 0) is 56.2 Å². The smallest absolute Gasteiger partial charge is 0.243 e. The zero-order chi connectivity index (χ0) is 18.0. The Bertz CT molecular complexity index is 861. The van der Waals surface area contributed by atoms with Crippen molar-refractivity contribution in [2.75, 3.05) is 13.1 Å². The fourth-order valence-electron chi connectivity index (χ4n) is 3.08. The highest BCUT2D eigenvalue weighted by Crippen LogP contribution is 2.26. The third-order valence-corrected chi connectivity index (χ3v) is 6.42. The molecule has 2 aromatic carbocycles. The second kappa shape index (κ2) is 7.06. The number of aryl methyl sites for hydroxylation is 1. The van der Waals surface area contributed by atoms with E-state index in [0.29, 0.717) is 24.9 Å². The van der Waals surface area contributed by atoms with Crippen LogP contribution in [0.15, 0.2) is 53.4 Å². The van der Waals surface area contributed by atoms with Crippen LogP contribution < -0.4 is 0 Å². The van der Waals surface area contributed by atoms with Crippen molar-refractivity contribution in [1.29, 1.82) is 0 Å². The van der Waals surface area contributed by atoms with Crippen LogP contribution in [0.5, 0.6) is 0 Å². The Morgan fingerprint density at radius 1 is 1.08 bits per heavy atom. The summed E-state index contributed by atoms with van der Waals surface area (Å²) >= 11 is 0. The number of Topliss-reactive ketones (excluding diaryl/α,β-unsaturated/α-hetero) is 1. The van der Waals surface area contributed by atoms with Crippen molar-refractivity contribution in [3.8, 4) is 0 Å². The molecule has 1 unspecified atom stereocenters. The largest absolute Gasteiger partial charge is 0.294 e. The molecule has 1 saturated heterocycles. The van der Waals surface area contributed by atoms with E-state index in [1.807, 2.05) is 6.92 Å². The lowest BCUT2D eigenvalue weighted by Crippen LogP contribution is -2.42. The molecule has 4 nitrogen and oxygen atoms in total. The van der Waals surface area contributed by atoms with Crippen molar-refractivity contribution >= 4 is 15.8 Å². The summed E-state index contributed by atoms with van der Waals surface area (Å²) in [6.45, 7) is 2.46. The molecule has 3 rings (SSSR count). The highest BCUT2D eigenvalue weighted by atomic mass is 32.2. The molecule has 1 aliphatic heterocycles. The van der Waals surface area contributed by atoms with Crippen LogP contribution in [0.25, 0.3) is 0 Å². The number of ketones is 1. The van der Waals surface area contributed by atoms with Gasteiger partial charge < -0.3 is 0 Å². The molecule has 0 aromatic heterocycles. The van der Waals surface area contributed by atoms with E-state index in [1.54, 1.807) is 24.3 Å². The summed E-state index contributed by atoms with van der Waals surface area (Å²) in [5.41, 5.74) is 1.41. The first-order chi connectivity index (χ1) is 11.9. The predicted molar refractivity (Wildman–Crippen MR) is 93.4 cm³/mol. The number of benzene rings is 2. The van der Waals surface area contributed by atoms with Gasteiger partial charge in [0.15, 0.2) is 5.78 Å². The van der Waals surface area contributed by atoms with Gasteiger partial charge in [0.05, 0.1) is 4.90 Å². The van der Waals surface area contributed by atoms with Crippen LogP contribution >= 0.6 is 0 Å². The quantitative estimate of drug-likeness (QED) is 0.784.